The molecule has 1 saturated heterocycles. The number of carbonyl (C=O) groups is 1. The van der Waals surface area contributed by atoms with Crippen LogP contribution in [0, 0.1) is 11.2 Å². The zero-order valence-electron chi connectivity index (χ0n) is 13.9. The predicted octanol–water partition coefficient (Wildman–Crippen LogP) is 3.33. The molecule has 0 unspecified atom stereocenters. The molecule has 1 aliphatic heterocycles. The molecular weight excluding hydrogens is 365 g/mol. The number of methoxy groups -OCH3 is 1. The van der Waals surface area contributed by atoms with E-state index >= 15 is 0 Å². The van der Waals surface area contributed by atoms with E-state index in [0.717, 1.165) is 25.9 Å². The van der Waals surface area contributed by atoms with Gasteiger partial charge >= 0.3 is 0 Å². The summed E-state index contributed by atoms with van der Waals surface area (Å²) in [5, 5.41) is 8.51. The van der Waals surface area contributed by atoms with Crippen LogP contribution in [0.25, 0.3) is 11.3 Å². The van der Waals surface area contributed by atoms with Gasteiger partial charge in [0.2, 0.25) is 5.91 Å². The molecule has 5 nitrogen and oxygen atoms in total. The summed E-state index contributed by atoms with van der Waals surface area (Å²) in [6.07, 6.45) is 1.46. The Morgan fingerprint density at radius 2 is 2.20 bits per heavy atom. The highest BCUT2D eigenvalue weighted by molar-refractivity contribution is 7.14. The van der Waals surface area contributed by atoms with E-state index in [-0.39, 0.29) is 24.1 Å². The van der Waals surface area contributed by atoms with Crippen molar-refractivity contribution in [3.63, 3.8) is 0 Å². The number of carbonyl (C=O) groups excluding carboxylic acids is 1. The maximum Gasteiger partial charge on any atom is 0.234 e. The molecule has 0 spiro atoms. The number of hydrogen-bond donors (Lipinski definition) is 2. The Balaban J connectivity index is 0.00000225. The average Bonchev–Trinajstić information content (AvgIpc) is 3.04. The molecule has 25 heavy (non-hydrogen) atoms. The van der Waals surface area contributed by atoms with Gasteiger partial charge in [-0.05, 0) is 38.1 Å². The second-order valence-corrected chi connectivity index (χ2v) is 6.82. The first-order valence-electron chi connectivity index (χ1n) is 7.85. The summed E-state index contributed by atoms with van der Waals surface area (Å²) in [6, 6.07) is 6.26. The number of amides is 1. The highest BCUT2D eigenvalue weighted by Crippen LogP contribution is 2.32. The Labute approximate surface area is 156 Å². The lowest BCUT2D eigenvalue weighted by atomic mass is 9.79. The molecule has 2 heterocycles. The number of ether oxygens (including phenoxy) is 1. The van der Waals surface area contributed by atoms with Crippen molar-refractivity contribution < 1.29 is 13.9 Å². The van der Waals surface area contributed by atoms with Crippen molar-refractivity contribution >= 4 is 34.8 Å². The SMILES string of the molecule is COCC1(C(=O)Nc2nc(-c3cccc(F)c3)cs2)CCNCC1.Cl. The number of hydrogen-bond acceptors (Lipinski definition) is 5. The van der Waals surface area contributed by atoms with Crippen molar-refractivity contribution in [2.24, 2.45) is 5.41 Å². The summed E-state index contributed by atoms with van der Waals surface area (Å²) in [6.45, 7) is 1.98. The molecule has 0 atom stereocenters. The van der Waals surface area contributed by atoms with E-state index in [1.165, 1.54) is 23.5 Å². The first kappa shape index (κ1) is 19.8. The van der Waals surface area contributed by atoms with Gasteiger partial charge in [-0.3, -0.25) is 4.79 Å². The zero-order chi connectivity index (χ0) is 17.0. The Bertz CT molecular complexity index is 714. The molecule has 136 valence electrons. The van der Waals surface area contributed by atoms with Crippen molar-refractivity contribution in [1.82, 2.24) is 10.3 Å². The molecular formula is C17H21ClFN3O2S. The summed E-state index contributed by atoms with van der Waals surface area (Å²) in [4.78, 5) is 17.2. The Kier molecular flexibility index (Phi) is 6.89. The smallest absolute Gasteiger partial charge is 0.234 e. The lowest BCUT2D eigenvalue weighted by Crippen LogP contribution is -2.47. The minimum atomic E-state index is -0.523. The van der Waals surface area contributed by atoms with E-state index in [2.05, 4.69) is 15.6 Å². The molecule has 2 aromatic rings. The van der Waals surface area contributed by atoms with Gasteiger partial charge in [0, 0.05) is 18.1 Å². The van der Waals surface area contributed by atoms with E-state index in [0.29, 0.717) is 23.0 Å². The third-order valence-electron chi connectivity index (χ3n) is 4.31. The van der Waals surface area contributed by atoms with Crippen LogP contribution in [-0.4, -0.2) is 37.7 Å². The summed E-state index contributed by atoms with van der Waals surface area (Å²) in [5.74, 6) is -0.370. The average molecular weight is 386 g/mol. The summed E-state index contributed by atoms with van der Waals surface area (Å²) < 4.78 is 18.6. The minimum absolute atomic E-state index is 0. The second kappa shape index (κ2) is 8.71. The summed E-state index contributed by atoms with van der Waals surface area (Å²) in [7, 11) is 1.61. The number of piperidine rings is 1. The van der Waals surface area contributed by atoms with Gasteiger partial charge in [0.15, 0.2) is 5.13 Å². The summed E-state index contributed by atoms with van der Waals surface area (Å²) in [5.41, 5.74) is 0.825. The van der Waals surface area contributed by atoms with Gasteiger partial charge in [-0.1, -0.05) is 12.1 Å². The molecule has 1 aliphatic rings. The van der Waals surface area contributed by atoms with Gasteiger partial charge < -0.3 is 15.4 Å². The quantitative estimate of drug-likeness (QED) is 0.828. The first-order valence-corrected chi connectivity index (χ1v) is 8.73. The molecule has 1 fully saturated rings. The van der Waals surface area contributed by atoms with E-state index in [9.17, 15) is 9.18 Å². The van der Waals surface area contributed by atoms with E-state index in [1.807, 2.05) is 5.38 Å². The number of aromatic nitrogens is 1. The Hall–Kier alpha value is -1.54. The fourth-order valence-corrected chi connectivity index (χ4v) is 3.67. The lowest BCUT2D eigenvalue weighted by molar-refractivity contribution is -0.130. The van der Waals surface area contributed by atoms with Crippen molar-refractivity contribution in [1.29, 1.82) is 0 Å². The third-order valence-corrected chi connectivity index (χ3v) is 5.07. The van der Waals surface area contributed by atoms with Gasteiger partial charge in [-0.25, -0.2) is 9.37 Å². The van der Waals surface area contributed by atoms with Crippen LogP contribution in [0.3, 0.4) is 0 Å². The number of thiazole rings is 1. The summed E-state index contributed by atoms with van der Waals surface area (Å²) >= 11 is 1.34. The topological polar surface area (TPSA) is 63.2 Å². The van der Waals surface area contributed by atoms with Crippen LogP contribution in [0.15, 0.2) is 29.6 Å². The van der Waals surface area contributed by atoms with Crippen LogP contribution in [0.1, 0.15) is 12.8 Å². The van der Waals surface area contributed by atoms with Crippen molar-refractivity contribution in [3.05, 3.63) is 35.5 Å². The molecule has 1 aromatic carbocycles. The van der Waals surface area contributed by atoms with Crippen LogP contribution in [-0.2, 0) is 9.53 Å². The second-order valence-electron chi connectivity index (χ2n) is 5.97. The van der Waals surface area contributed by atoms with E-state index in [1.54, 1.807) is 19.2 Å². The largest absolute Gasteiger partial charge is 0.384 e. The van der Waals surface area contributed by atoms with Gasteiger partial charge in [0.1, 0.15) is 5.82 Å². The Morgan fingerprint density at radius 1 is 1.44 bits per heavy atom. The lowest BCUT2D eigenvalue weighted by Gasteiger charge is -2.35. The normalized spacial score (nSPS) is 16.1. The number of anilines is 1. The molecule has 3 rings (SSSR count). The third kappa shape index (κ3) is 4.55. The monoisotopic (exact) mass is 385 g/mol. The maximum absolute atomic E-state index is 13.3. The number of nitrogens with zero attached hydrogens (tertiary/aromatic N) is 1. The first-order chi connectivity index (χ1) is 11.6. The van der Waals surface area contributed by atoms with Crippen LogP contribution in [0.4, 0.5) is 9.52 Å². The van der Waals surface area contributed by atoms with Crippen molar-refractivity contribution in [2.75, 3.05) is 32.1 Å². The molecule has 1 amide bonds. The maximum atomic E-state index is 13.3. The molecule has 8 heteroatoms. The molecule has 2 N–H and O–H groups in total. The van der Waals surface area contributed by atoms with Crippen molar-refractivity contribution in [2.45, 2.75) is 12.8 Å². The minimum Gasteiger partial charge on any atom is -0.384 e. The zero-order valence-corrected chi connectivity index (χ0v) is 15.5. The molecule has 0 radical (unpaired) electrons. The number of halogens is 2. The number of rotatable bonds is 5. The van der Waals surface area contributed by atoms with Crippen LogP contribution >= 0.6 is 23.7 Å². The van der Waals surface area contributed by atoms with Gasteiger partial charge in [-0.15, -0.1) is 23.7 Å². The van der Waals surface area contributed by atoms with Gasteiger partial charge in [0.25, 0.3) is 0 Å². The van der Waals surface area contributed by atoms with Crippen LogP contribution in [0.2, 0.25) is 0 Å². The molecule has 0 saturated carbocycles. The predicted molar refractivity (Wildman–Crippen MR) is 99.8 cm³/mol. The molecule has 1 aromatic heterocycles. The van der Waals surface area contributed by atoms with Crippen LogP contribution in [0.5, 0.6) is 0 Å². The highest BCUT2D eigenvalue weighted by Gasteiger charge is 2.40. The van der Waals surface area contributed by atoms with Crippen molar-refractivity contribution in [3.8, 4) is 11.3 Å². The molecule has 0 bridgehead atoms. The van der Waals surface area contributed by atoms with E-state index in [4.69, 9.17) is 4.74 Å². The van der Waals surface area contributed by atoms with Gasteiger partial charge in [-0.2, -0.15) is 0 Å². The fourth-order valence-electron chi connectivity index (χ4n) is 2.96. The fraction of sp³-hybridized carbons (Fsp3) is 0.412. The van der Waals surface area contributed by atoms with E-state index < -0.39 is 5.41 Å². The van der Waals surface area contributed by atoms with Crippen LogP contribution < -0.4 is 10.6 Å². The standard InChI is InChI=1S/C17H20FN3O2S.ClH/c1-23-11-17(5-7-19-8-6-17)15(22)21-16-20-14(10-24-16)12-3-2-4-13(18)9-12;/h2-4,9-10,19H,5-8,11H2,1H3,(H,20,21,22);1H. The Morgan fingerprint density at radius 3 is 2.88 bits per heavy atom. The number of benzene rings is 1. The molecule has 0 aliphatic carbocycles. The number of nitrogens with one attached hydrogen (secondary N) is 2. The van der Waals surface area contributed by atoms with Gasteiger partial charge in [0.05, 0.1) is 17.7 Å². The highest BCUT2D eigenvalue weighted by atomic mass is 35.5.